The van der Waals surface area contributed by atoms with E-state index in [0.717, 1.165) is 17.5 Å². The third-order valence-corrected chi connectivity index (χ3v) is 2.95. The van der Waals surface area contributed by atoms with Gasteiger partial charge in [-0.1, -0.05) is 35.0 Å². The van der Waals surface area contributed by atoms with Gasteiger partial charge in [-0.3, -0.25) is 0 Å². The summed E-state index contributed by atoms with van der Waals surface area (Å²) in [7, 11) is 1.75. The van der Waals surface area contributed by atoms with Gasteiger partial charge in [0.25, 0.3) is 0 Å². The second-order valence-corrected chi connectivity index (χ2v) is 4.50. The summed E-state index contributed by atoms with van der Waals surface area (Å²) in [5.41, 5.74) is 1.41. The molecule has 0 spiro atoms. The topological polar surface area (TPSA) is 9.23 Å². The maximum Gasteiger partial charge on any atom is 0.0462 e. The minimum absolute atomic E-state index is 0.623. The van der Waals surface area contributed by atoms with Crippen LogP contribution in [0.25, 0.3) is 0 Å². The van der Waals surface area contributed by atoms with Crippen molar-refractivity contribution in [2.45, 2.75) is 25.7 Å². The molecule has 0 fully saturated rings. The van der Waals surface area contributed by atoms with Crippen LogP contribution in [0.15, 0.2) is 28.7 Å². The summed E-state index contributed by atoms with van der Waals surface area (Å²) in [4.78, 5) is 0. The van der Waals surface area contributed by atoms with Crippen molar-refractivity contribution in [3.63, 3.8) is 0 Å². The summed E-state index contributed by atoms with van der Waals surface area (Å²) >= 11 is 3.44. The van der Waals surface area contributed by atoms with Gasteiger partial charge in [0, 0.05) is 18.2 Å². The Balaban J connectivity index is 2.43. The first kappa shape index (κ1) is 11.7. The van der Waals surface area contributed by atoms with Gasteiger partial charge in [0.2, 0.25) is 0 Å². The van der Waals surface area contributed by atoms with E-state index in [4.69, 9.17) is 4.74 Å². The van der Waals surface area contributed by atoms with Gasteiger partial charge in [-0.05, 0) is 36.5 Å². The quantitative estimate of drug-likeness (QED) is 0.725. The molecule has 78 valence electrons. The number of rotatable bonds is 5. The lowest BCUT2D eigenvalue weighted by Gasteiger charge is -2.11. The van der Waals surface area contributed by atoms with E-state index in [2.05, 4.69) is 47.1 Å². The maximum atomic E-state index is 5.04. The van der Waals surface area contributed by atoms with Gasteiger partial charge in [0.05, 0.1) is 0 Å². The van der Waals surface area contributed by atoms with Gasteiger partial charge in [-0.25, -0.2) is 0 Å². The fraction of sp³-hybridized carbons (Fsp3) is 0.500. The van der Waals surface area contributed by atoms with Gasteiger partial charge in [0.1, 0.15) is 0 Å². The van der Waals surface area contributed by atoms with Crippen LogP contribution < -0.4 is 0 Å². The third-order valence-electron chi connectivity index (χ3n) is 2.42. The normalized spacial score (nSPS) is 12.8. The van der Waals surface area contributed by atoms with Crippen molar-refractivity contribution in [1.82, 2.24) is 0 Å². The molecule has 14 heavy (non-hydrogen) atoms. The Kier molecular flexibility index (Phi) is 5.20. The molecule has 0 saturated carbocycles. The van der Waals surface area contributed by atoms with E-state index in [9.17, 15) is 0 Å². The van der Waals surface area contributed by atoms with E-state index in [1.54, 1.807) is 7.11 Å². The van der Waals surface area contributed by atoms with Crippen LogP contribution in [0.2, 0.25) is 0 Å². The summed E-state index contributed by atoms with van der Waals surface area (Å²) in [5.74, 6) is 0.623. The summed E-state index contributed by atoms with van der Waals surface area (Å²) in [6.45, 7) is 3.12. The summed E-state index contributed by atoms with van der Waals surface area (Å²) in [6, 6.07) is 8.56. The number of halogens is 1. The predicted octanol–water partition coefficient (Wildman–Crippen LogP) is 3.98. The summed E-state index contributed by atoms with van der Waals surface area (Å²) in [6.07, 6.45) is 2.32. The first-order valence-corrected chi connectivity index (χ1v) is 5.77. The van der Waals surface area contributed by atoms with Crippen LogP contribution in [0.4, 0.5) is 0 Å². The molecule has 1 aromatic carbocycles. The smallest absolute Gasteiger partial charge is 0.0462 e. The minimum Gasteiger partial charge on any atom is -0.385 e. The molecule has 0 heterocycles. The monoisotopic (exact) mass is 256 g/mol. The van der Waals surface area contributed by atoms with Crippen LogP contribution in [0.3, 0.4) is 0 Å². The lowest BCUT2D eigenvalue weighted by molar-refractivity contribution is 0.191. The van der Waals surface area contributed by atoms with Crippen LogP contribution in [0.5, 0.6) is 0 Å². The van der Waals surface area contributed by atoms with Gasteiger partial charge in [-0.15, -0.1) is 0 Å². The first-order chi connectivity index (χ1) is 6.74. The van der Waals surface area contributed by atoms with Crippen molar-refractivity contribution in [3.8, 4) is 0 Å². The maximum absolute atomic E-state index is 5.04. The van der Waals surface area contributed by atoms with Gasteiger partial charge in [0.15, 0.2) is 0 Å². The van der Waals surface area contributed by atoms with Crippen molar-refractivity contribution < 1.29 is 4.74 Å². The Morgan fingerprint density at radius 3 is 2.50 bits per heavy atom. The van der Waals surface area contributed by atoms with E-state index in [0.29, 0.717) is 5.92 Å². The predicted molar refractivity (Wildman–Crippen MR) is 63.7 cm³/mol. The summed E-state index contributed by atoms with van der Waals surface area (Å²) in [5, 5.41) is 0. The van der Waals surface area contributed by atoms with Gasteiger partial charge >= 0.3 is 0 Å². The van der Waals surface area contributed by atoms with Crippen molar-refractivity contribution in [1.29, 1.82) is 0 Å². The Hall–Kier alpha value is -0.340. The number of hydrogen-bond donors (Lipinski definition) is 0. The number of benzene rings is 1. The van der Waals surface area contributed by atoms with E-state index < -0.39 is 0 Å². The number of hydrogen-bond acceptors (Lipinski definition) is 1. The minimum atomic E-state index is 0.623. The molecular weight excluding hydrogens is 240 g/mol. The largest absolute Gasteiger partial charge is 0.385 e. The average molecular weight is 257 g/mol. The molecule has 0 bridgehead atoms. The SMILES string of the molecule is COCCC[C@H](C)c1ccc(Br)cc1. The molecule has 2 heteroatoms. The third kappa shape index (κ3) is 3.81. The Morgan fingerprint density at radius 2 is 1.93 bits per heavy atom. The highest BCUT2D eigenvalue weighted by Gasteiger charge is 2.04. The van der Waals surface area contributed by atoms with Crippen LogP contribution in [-0.4, -0.2) is 13.7 Å². The standard InChI is InChI=1S/C12H17BrO/c1-10(4-3-9-14-2)11-5-7-12(13)8-6-11/h5-8,10H,3-4,9H2,1-2H3/t10-/m0/s1. The van der Waals surface area contributed by atoms with E-state index in [-0.39, 0.29) is 0 Å². The molecule has 1 aromatic rings. The molecule has 0 radical (unpaired) electrons. The second kappa shape index (κ2) is 6.20. The highest BCUT2D eigenvalue weighted by atomic mass is 79.9. The molecule has 0 aliphatic carbocycles. The van der Waals surface area contributed by atoms with Crippen molar-refractivity contribution >= 4 is 15.9 Å². The fourth-order valence-electron chi connectivity index (χ4n) is 1.49. The second-order valence-electron chi connectivity index (χ2n) is 3.59. The molecule has 0 unspecified atom stereocenters. The highest BCUT2D eigenvalue weighted by Crippen LogP contribution is 2.22. The Labute approximate surface area is 94.6 Å². The molecule has 1 nitrogen and oxygen atoms in total. The highest BCUT2D eigenvalue weighted by molar-refractivity contribution is 9.10. The molecule has 0 aromatic heterocycles. The van der Waals surface area contributed by atoms with Crippen LogP contribution in [0.1, 0.15) is 31.2 Å². The average Bonchev–Trinajstić information content (AvgIpc) is 2.19. The zero-order chi connectivity index (χ0) is 10.4. The molecule has 1 atom stereocenters. The van der Waals surface area contributed by atoms with E-state index in [1.807, 2.05) is 0 Å². The van der Waals surface area contributed by atoms with Crippen molar-refractivity contribution in [2.75, 3.05) is 13.7 Å². The lowest BCUT2D eigenvalue weighted by Crippen LogP contribution is -1.96. The molecular formula is C12H17BrO. The summed E-state index contributed by atoms with van der Waals surface area (Å²) < 4.78 is 6.18. The lowest BCUT2D eigenvalue weighted by atomic mass is 9.97. The molecule has 0 aliphatic heterocycles. The number of ether oxygens (including phenoxy) is 1. The zero-order valence-electron chi connectivity index (χ0n) is 8.79. The zero-order valence-corrected chi connectivity index (χ0v) is 10.4. The molecule has 0 saturated heterocycles. The van der Waals surface area contributed by atoms with Crippen LogP contribution in [0, 0.1) is 0 Å². The Morgan fingerprint density at radius 1 is 1.29 bits per heavy atom. The molecule has 0 amide bonds. The van der Waals surface area contributed by atoms with Crippen LogP contribution in [-0.2, 0) is 4.74 Å². The van der Waals surface area contributed by atoms with Crippen molar-refractivity contribution in [3.05, 3.63) is 34.3 Å². The Bertz CT molecular complexity index is 256. The van der Waals surface area contributed by atoms with Gasteiger partial charge < -0.3 is 4.74 Å². The van der Waals surface area contributed by atoms with Crippen LogP contribution >= 0.6 is 15.9 Å². The molecule has 0 N–H and O–H groups in total. The molecule has 0 aliphatic rings. The van der Waals surface area contributed by atoms with E-state index in [1.165, 1.54) is 12.0 Å². The van der Waals surface area contributed by atoms with Crippen molar-refractivity contribution in [2.24, 2.45) is 0 Å². The fourth-order valence-corrected chi connectivity index (χ4v) is 1.76. The molecule has 1 rings (SSSR count). The number of methoxy groups -OCH3 is 1. The van der Waals surface area contributed by atoms with E-state index >= 15 is 0 Å². The first-order valence-electron chi connectivity index (χ1n) is 4.98. The van der Waals surface area contributed by atoms with Gasteiger partial charge in [-0.2, -0.15) is 0 Å².